The van der Waals surface area contributed by atoms with Crippen LogP contribution in [-0.2, 0) is 14.3 Å². The lowest BCUT2D eigenvalue weighted by molar-refractivity contribution is -0.147. The fourth-order valence-corrected chi connectivity index (χ4v) is 1.92. The Hall–Kier alpha value is -2.91. The van der Waals surface area contributed by atoms with Gasteiger partial charge in [-0.2, -0.15) is 8.78 Å². The maximum Gasteiger partial charge on any atom is 0.387 e. The monoisotopic (exact) mass is 373 g/mol. The number of benzene rings is 1. The highest BCUT2D eigenvalue weighted by molar-refractivity contribution is 5.92. The van der Waals surface area contributed by atoms with Crippen LogP contribution in [0.2, 0.25) is 0 Å². The summed E-state index contributed by atoms with van der Waals surface area (Å²) in [5, 5.41) is 4.90. The highest BCUT2D eigenvalue weighted by atomic mass is 19.3. The molecule has 0 heterocycles. The molecule has 3 amide bonds. The van der Waals surface area contributed by atoms with Gasteiger partial charge in [0.1, 0.15) is 5.75 Å². The van der Waals surface area contributed by atoms with Gasteiger partial charge in [0.25, 0.3) is 5.91 Å². The SMILES string of the molecule is NC(=O)NCCCCCC(=O)OCC(=O)Nc1ccc(OC(F)F)cc1. The average molecular weight is 373 g/mol. The molecule has 1 rings (SSSR count). The molecule has 0 radical (unpaired) electrons. The second-order valence-electron chi connectivity index (χ2n) is 5.21. The van der Waals surface area contributed by atoms with Gasteiger partial charge in [0.15, 0.2) is 6.61 Å². The summed E-state index contributed by atoms with van der Waals surface area (Å²) in [6, 6.07) is 4.74. The Balaban J connectivity index is 2.17. The molecule has 26 heavy (non-hydrogen) atoms. The number of anilines is 1. The number of carbonyl (C=O) groups excluding carboxylic acids is 3. The molecule has 0 saturated heterocycles. The fourth-order valence-electron chi connectivity index (χ4n) is 1.92. The largest absolute Gasteiger partial charge is 0.456 e. The van der Waals surface area contributed by atoms with E-state index in [1.54, 1.807) is 0 Å². The molecular formula is C16H21F2N3O5. The molecule has 10 heteroatoms. The molecule has 4 N–H and O–H groups in total. The Bertz CT molecular complexity index is 596. The lowest BCUT2D eigenvalue weighted by atomic mass is 10.2. The van der Waals surface area contributed by atoms with E-state index in [0.29, 0.717) is 31.5 Å². The minimum Gasteiger partial charge on any atom is -0.456 e. The van der Waals surface area contributed by atoms with Crippen LogP contribution in [0.5, 0.6) is 5.75 Å². The molecule has 0 spiro atoms. The zero-order chi connectivity index (χ0) is 19.4. The first kappa shape index (κ1) is 21.1. The van der Waals surface area contributed by atoms with Crippen molar-refractivity contribution >= 4 is 23.6 Å². The van der Waals surface area contributed by atoms with Crippen LogP contribution >= 0.6 is 0 Å². The molecule has 0 aromatic heterocycles. The third kappa shape index (κ3) is 10.1. The molecule has 1 aromatic carbocycles. The topological polar surface area (TPSA) is 120 Å². The third-order valence-corrected chi connectivity index (χ3v) is 3.08. The van der Waals surface area contributed by atoms with Crippen molar-refractivity contribution in [3.63, 3.8) is 0 Å². The number of hydrogen-bond acceptors (Lipinski definition) is 5. The standard InChI is InChI=1S/C16H21F2N3O5/c17-15(18)26-12-7-5-11(6-8-12)21-13(22)10-25-14(23)4-2-1-3-9-20-16(19)24/h5-8,15H,1-4,9-10H2,(H,21,22)(H3,19,20,24). The van der Waals surface area contributed by atoms with Gasteiger partial charge >= 0.3 is 18.6 Å². The predicted molar refractivity (Wildman–Crippen MR) is 88.7 cm³/mol. The number of nitrogens with two attached hydrogens (primary N) is 1. The Morgan fingerprint density at radius 3 is 2.38 bits per heavy atom. The number of esters is 1. The molecule has 0 aliphatic carbocycles. The quantitative estimate of drug-likeness (QED) is 0.405. The number of hydrogen-bond donors (Lipinski definition) is 3. The Morgan fingerprint density at radius 1 is 1.08 bits per heavy atom. The second-order valence-corrected chi connectivity index (χ2v) is 5.21. The highest BCUT2D eigenvalue weighted by Gasteiger charge is 2.09. The van der Waals surface area contributed by atoms with E-state index in [0.717, 1.165) is 0 Å². The molecule has 0 aliphatic rings. The van der Waals surface area contributed by atoms with Crippen LogP contribution in [0.15, 0.2) is 24.3 Å². The van der Waals surface area contributed by atoms with Crippen LogP contribution in [-0.4, -0.2) is 37.7 Å². The van der Waals surface area contributed by atoms with Gasteiger partial charge in [-0.1, -0.05) is 6.42 Å². The molecule has 0 aliphatic heterocycles. The fraction of sp³-hybridized carbons (Fsp3) is 0.438. The average Bonchev–Trinajstić information content (AvgIpc) is 2.57. The number of alkyl halides is 2. The first-order chi connectivity index (χ1) is 12.4. The third-order valence-electron chi connectivity index (χ3n) is 3.08. The normalized spacial score (nSPS) is 10.3. The van der Waals surface area contributed by atoms with E-state index in [-0.39, 0.29) is 12.2 Å². The number of amides is 3. The summed E-state index contributed by atoms with van der Waals surface area (Å²) in [7, 11) is 0. The molecule has 0 atom stereocenters. The molecule has 0 unspecified atom stereocenters. The summed E-state index contributed by atoms with van der Waals surface area (Å²) in [6.45, 7) is -2.93. The minimum absolute atomic E-state index is 0.0320. The van der Waals surface area contributed by atoms with Crippen molar-refractivity contribution in [3.05, 3.63) is 24.3 Å². The van der Waals surface area contributed by atoms with Gasteiger partial charge in [0.2, 0.25) is 0 Å². The van der Waals surface area contributed by atoms with Crippen LogP contribution in [0.4, 0.5) is 19.3 Å². The number of halogens is 2. The number of nitrogens with one attached hydrogen (secondary N) is 2. The van der Waals surface area contributed by atoms with Gasteiger partial charge in [0, 0.05) is 18.7 Å². The van der Waals surface area contributed by atoms with Gasteiger partial charge in [-0.3, -0.25) is 9.59 Å². The molecule has 0 saturated carbocycles. The summed E-state index contributed by atoms with van der Waals surface area (Å²) in [6.07, 6.45) is 2.10. The maximum atomic E-state index is 12.0. The van der Waals surface area contributed by atoms with Crippen LogP contribution in [0.1, 0.15) is 25.7 Å². The first-order valence-electron chi connectivity index (χ1n) is 7.90. The van der Waals surface area contributed by atoms with Gasteiger partial charge in [-0.05, 0) is 37.1 Å². The zero-order valence-corrected chi connectivity index (χ0v) is 14.0. The predicted octanol–water partition coefficient (Wildman–Crippen LogP) is 2.00. The van der Waals surface area contributed by atoms with E-state index in [4.69, 9.17) is 10.5 Å². The van der Waals surface area contributed by atoms with Crippen LogP contribution in [0.25, 0.3) is 0 Å². The van der Waals surface area contributed by atoms with Crippen molar-refractivity contribution in [2.24, 2.45) is 5.73 Å². The van der Waals surface area contributed by atoms with E-state index >= 15 is 0 Å². The van der Waals surface area contributed by atoms with E-state index in [1.807, 2.05) is 0 Å². The lowest BCUT2D eigenvalue weighted by Gasteiger charge is -2.08. The van der Waals surface area contributed by atoms with E-state index in [2.05, 4.69) is 15.4 Å². The highest BCUT2D eigenvalue weighted by Crippen LogP contribution is 2.17. The van der Waals surface area contributed by atoms with Crippen molar-refractivity contribution in [2.75, 3.05) is 18.5 Å². The van der Waals surface area contributed by atoms with E-state index < -0.39 is 31.1 Å². The van der Waals surface area contributed by atoms with Crippen molar-refractivity contribution in [1.82, 2.24) is 5.32 Å². The van der Waals surface area contributed by atoms with Crippen LogP contribution < -0.4 is 21.1 Å². The minimum atomic E-state index is -2.92. The first-order valence-corrected chi connectivity index (χ1v) is 7.90. The number of primary amides is 1. The number of ether oxygens (including phenoxy) is 2. The smallest absolute Gasteiger partial charge is 0.387 e. The molecule has 0 fully saturated rings. The van der Waals surface area contributed by atoms with Gasteiger partial charge < -0.3 is 25.8 Å². The number of rotatable bonds is 11. The molecule has 144 valence electrons. The molecule has 1 aromatic rings. The summed E-state index contributed by atoms with van der Waals surface area (Å²) in [5.41, 5.74) is 5.26. The summed E-state index contributed by atoms with van der Waals surface area (Å²) in [5.74, 6) is -1.09. The summed E-state index contributed by atoms with van der Waals surface area (Å²) in [4.78, 5) is 33.6. The van der Waals surface area contributed by atoms with E-state index in [1.165, 1.54) is 24.3 Å². The van der Waals surface area contributed by atoms with Crippen LogP contribution in [0.3, 0.4) is 0 Å². The second kappa shape index (κ2) is 11.6. The Kier molecular flexibility index (Phi) is 9.44. The number of carbonyl (C=O) groups is 3. The summed E-state index contributed by atoms with van der Waals surface area (Å²) < 4.78 is 33.1. The number of unbranched alkanes of at least 4 members (excludes halogenated alkanes) is 2. The maximum absolute atomic E-state index is 12.0. The number of urea groups is 1. The van der Waals surface area contributed by atoms with Crippen molar-refractivity contribution in [1.29, 1.82) is 0 Å². The van der Waals surface area contributed by atoms with Crippen molar-refractivity contribution < 1.29 is 32.6 Å². The van der Waals surface area contributed by atoms with Crippen molar-refractivity contribution in [2.45, 2.75) is 32.3 Å². The Labute approximate surface area is 149 Å². The van der Waals surface area contributed by atoms with E-state index in [9.17, 15) is 23.2 Å². The van der Waals surface area contributed by atoms with Crippen LogP contribution in [0, 0.1) is 0 Å². The van der Waals surface area contributed by atoms with Gasteiger partial charge in [-0.15, -0.1) is 0 Å². The van der Waals surface area contributed by atoms with Gasteiger partial charge in [-0.25, -0.2) is 4.79 Å². The lowest BCUT2D eigenvalue weighted by Crippen LogP contribution is -2.29. The molecule has 0 bridgehead atoms. The van der Waals surface area contributed by atoms with Gasteiger partial charge in [0.05, 0.1) is 0 Å². The Morgan fingerprint density at radius 2 is 1.77 bits per heavy atom. The zero-order valence-electron chi connectivity index (χ0n) is 14.0. The van der Waals surface area contributed by atoms with Crippen molar-refractivity contribution in [3.8, 4) is 5.75 Å². The molecular weight excluding hydrogens is 352 g/mol. The molecule has 8 nitrogen and oxygen atoms in total. The summed E-state index contributed by atoms with van der Waals surface area (Å²) >= 11 is 0.